The van der Waals surface area contributed by atoms with Gasteiger partial charge in [0.05, 0.1) is 21.5 Å². The molecule has 0 bridgehead atoms. The van der Waals surface area contributed by atoms with Crippen LogP contribution in [0.3, 0.4) is 0 Å². The fraction of sp³-hybridized carbons (Fsp3) is 0.0476. The van der Waals surface area contributed by atoms with Crippen molar-refractivity contribution in [1.82, 2.24) is 9.55 Å². The van der Waals surface area contributed by atoms with Crippen LogP contribution in [0.4, 0.5) is 5.69 Å². The lowest BCUT2D eigenvalue weighted by Gasteiger charge is -2.13. The molecule has 6 nitrogen and oxygen atoms in total. The van der Waals surface area contributed by atoms with Gasteiger partial charge in [-0.1, -0.05) is 42.5 Å². The van der Waals surface area contributed by atoms with Gasteiger partial charge in [0.25, 0.3) is 11.2 Å². The first-order valence-corrected chi connectivity index (χ1v) is 8.43. The van der Waals surface area contributed by atoms with Crippen LogP contribution in [0.1, 0.15) is 11.4 Å². The number of nitrogens with zero attached hydrogens (tertiary/aromatic N) is 3. The van der Waals surface area contributed by atoms with Crippen molar-refractivity contribution in [1.29, 1.82) is 0 Å². The molecule has 1 aromatic heterocycles. The van der Waals surface area contributed by atoms with E-state index in [9.17, 15) is 14.9 Å². The van der Waals surface area contributed by atoms with Gasteiger partial charge in [-0.25, -0.2) is 4.98 Å². The first-order valence-electron chi connectivity index (χ1n) is 8.43. The Balaban J connectivity index is 1.92. The summed E-state index contributed by atoms with van der Waals surface area (Å²) in [6.45, 7) is 0. The highest BCUT2D eigenvalue weighted by molar-refractivity contribution is 5.77. The number of nitro groups is 1. The van der Waals surface area contributed by atoms with E-state index in [-0.39, 0.29) is 11.2 Å². The van der Waals surface area contributed by atoms with Crippen LogP contribution in [0, 0.1) is 10.1 Å². The minimum Gasteiger partial charge on any atom is -0.268 e. The summed E-state index contributed by atoms with van der Waals surface area (Å²) >= 11 is 0. The normalized spacial score (nSPS) is 10.8. The van der Waals surface area contributed by atoms with Gasteiger partial charge >= 0.3 is 0 Å². The molecule has 1 heterocycles. The molecule has 0 atom stereocenters. The van der Waals surface area contributed by atoms with Crippen molar-refractivity contribution in [3.05, 3.63) is 111 Å². The zero-order valence-corrected chi connectivity index (χ0v) is 14.3. The molecule has 6 heteroatoms. The van der Waals surface area contributed by atoms with E-state index < -0.39 is 4.92 Å². The molecule has 132 valence electrons. The van der Waals surface area contributed by atoms with Crippen LogP contribution in [-0.2, 0) is 6.42 Å². The average molecular weight is 357 g/mol. The van der Waals surface area contributed by atoms with Gasteiger partial charge < -0.3 is 0 Å². The van der Waals surface area contributed by atoms with Crippen LogP contribution >= 0.6 is 0 Å². The first-order chi connectivity index (χ1) is 13.1. The molecule has 0 saturated heterocycles. The van der Waals surface area contributed by atoms with E-state index in [1.807, 2.05) is 36.4 Å². The van der Waals surface area contributed by atoms with E-state index in [0.29, 0.717) is 28.8 Å². The second-order valence-electron chi connectivity index (χ2n) is 6.13. The van der Waals surface area contributed by atoms with Gasteiger partial charge in [0.1, 0.15) is 5.82 Å². The van der Waals surface area contributed by atoms with Crippen LogP contribution < -0.4 is 5.56 Å². The number of para-hydroxylation sites is 2. The fourth-order valence-corrected chi connectivity index (χ4v) is 3.10. The van der Waals surface area contributed by atoms with Gasteiger partial charge in [-0.15, -0.1) is 0 Å². The van der Waals surface area contributed by atoms with Crippen molar-refractivity contribution in [3.8, 4) is 5.69 Å². The molecule has 0 aliphatic heterocycles. The molecule has 0 spiro atoms. The van der Waals surface area contributed by atoms with Gasteiger partial charge in [0.2, 0.25) is 0 Å². The molecule has 0 N–H and O–H groups in total. The smallest absolute Gasteiger partial charge is 0.268 e. The number of fused-ring (bicyclic) bond motifs is 1. The minimum atomic E-state index is -0.429. The second-order valence-corrected chi connectivity index (χ2v) is 6.13. The van der Waals surface area contributed by atoms with Crippen molar-refractivity contribution in [2.75, 3.05) is 0 Å². The Morgan fingerprint density at radius 3 is 2.44 bits per heavy atom. The number of rotatable bonds is 4. The highest BCUT2D eigenvalue weighted by Gasteiger charge is 2.14. The number of aromatic nitrogens is 2. The van der Waals surface area contributed by atoms with E-state index in [1.54, 1.807) is 34.9 Å². The maximum Gasteiger partial charge on any atom is 0.269 e. The van der Waals surface area contributed by atoms with E-state index in [4.69, 9.17) is 0 Å². The fourth-order valence-electron chi connectivity index (χ4n) is 3.10. The van der Waals surface area contributed by atoms with E-state index in [0.717, 1.165) is 5.56 Å². The lowest BCUT2D eigenvalue weighted by Crippen LogP contribution is -2.24. The Kier molecular flexibility index (Phi) is 4.22. The summed E-state index contributed by atoms with van der Waals surface area (Å²) in [6.07, 6.45) is 0.302. The lowest BCUT2D eigenvalue weighted by atomic mass is 10.1. The van der Waals surface area contributed by atoms with E-state index in [2.05, 4.69) is 4.98 Å². The summed E-state index contributed by atoms with van der Waals surface area (Å²) in [7, 11) is 0. The highest BCUT2D eigenvalue weighted by atomic mass is 16.6. The predicted octanol–water partition coefficient (Wildman–Crippen LogP) is 3.88. The Morgan fingerprint density at radius 1 is 0.926 bits per heavy atom. The zero-order chi connectivity index (χ0) is 18.8. The lowest BCUT2D eigenvalue weighted by molar-refractivity contribution is -0.384. The van der Waals surface area contributed by atoms with Crippen LogP contribution in [-0.4, -0.2) is 14.5 Å². The number of hydrogen-bond donors (Lipinski definition) is 0. The Morgan fingerprint density at radius 2 is 1.67 bits per heavy atom. The number of nitro benzene ring substituents is 1. The summed E-state index contributed by atoms with van der Waals surface area (Å²) in [5.74, 6) is 0.533. The largest absolute Gasteiger partial charge is 0.269 e. The standard InChI is InChI=1S/C21H15N3O3/c25-21-18-11-4-5-12-19(18)22-20(23(21)16-8-2-1-3-9-16)14-15-7-6-10-17(13-15)24(26)27/h1-13H,14H2. The van der Waals surface area contributed by atoms with Crippen LogP contribution in [0.5, 0.6) is 0 Å². The van der Waals surface area contributed by atoms with Crippen molar-refractivity contribution in [2.45, 2.75) is 6.42 Å². The van der Waals surface area contributed by atoms with E-state index >= 15 is 0 Å². The Labute approximate surface area is 154 Å². The third kappa shape index (κ3) is 3.20. The summed E-state index contributed by atoms with van der Waals surface area (Å²) in [5, 5.41) is 11.6. The van der Waals surface area contributed by atoms with E-state index in [1.165, 1.54) is 12.1 Å². The van der Waals surface area contributed by atoms with Crippen molar-refractivity contribution in [2.24, 2.45) is 0 Å². The predicted molar refractivity (Wildman–Crippen MR) is 103 cm³/mol. The summed E-state index contributed by atoms with van der Waals surface area (Å²) < 4.78 is 1.57. The monoisotopic (exact) mass is 357 g/mol. The van der Waals surface area contributed by atoms with Crippen LogP contribution in [0.25, 0.3) is 16.6 Å². The molecular weight excluding hydrogens is 342 g/mol. The molecule has 27 heavy (non-hydrogen) atoms. The molecule has 0 aliphatic rings. The molecule has 0 amide bonds. The van der Waals surface area contributed by atoms with Crippen LogP contribution in [0.15, 0.2) is 83.7 Å². The second kappa shape index (κ2) is 6.84. The van der Waals surface area contributed by atoms with Gasteiger partial charge in [-0.3, -0.25) is 19.5 Å². The molecule has 0 saturated carbocycles. The average Bonchev–Trinajstić information content (AvgIpc) is 2.69. The molecule has 4 rings (SSSR count). The topological polar surface area (TPSA) is 78.0 Å². The Hall–Kier alpha value is -3.80. The third-order valence-electron chi connectivity index (χ3n) is 4.34. The number of benzene rings is 3. The maximum absolute atomic E-state index is 13.1. The molecular formula is C21H15N3O3. The third-order valence-corrected chi connectivity index (χ3v) is 4.34. The van der Waals surface area contributed by atoms with Crippen molar-refractivity contribution < 1.29 is 4.92 Å². The van der Waals surface area contributed by atoms with Crippen molar-refractivity contribution >= 4 is 16.6 Å². The van der Waals surface area contributed by atoms with Gasteiger partial charge in [0.15, 0.2) is 0 Å². The van der Waals surface area contributed by atoms with Crippen LogP contribution in [0.2, 0.25) is 0 Å². The van der Waals surface area contributed by atoms with Gasteiger partial charge in [-0.2, -0.15) is 0 Å². The molecule has 3 aromatic carbocycles. The molecule has 0 fully saturated rings. The summed E-state index contributed by atoms with van der Waals surface area (Å²) in [4.78, 5) is 28.4. The molecule has 0 aliphatic carbocycles. The molecule has 0 unspecified atom stereocenters. The number of hydrogen-bond acceptors (Lipinski definition) is 4. The zero-order valence-electron chi connectivity index (χ0n) is 14.3. The first kappa shape index (κ1) is 16.7. The number of non-ortho nitro benzene ring substituents is 1. The molecule has 0 radical (unpaired) electrons. The maximum atomic E-state index is 13.1. The van der Waals surface area contributed by atoms with Gasteiger partial charge in [0, 0.05) is 18.6 Å². The minimum absolute atomic E-state index is 0.0156. The highest BCUT2D eigenvalue weighted by Crippen LogP contribution is 2.18. The summed E-state index contributed by atoms with van der Waals surface area (Å²) in [6, 6.07) is 22.8. The quantitative estimate of drug-likeness (QED) is 0.410. The summed E-state index contributed by atoms with van der Waals surface area (Å²) in [5.41, 5.74) is 1.89. The van der Waals surface area contributed by atoms with Crippen molar-refractivity contribution in [3.63, 3.8) is 0 Å². The molecule has 4 aromatic rings. The SMILES string of the molecule is O=c1c2ccccc2nc(Cc2cccc([N+](=O)[O-])c2)n1-c1ccccc1. The Bertz CT molecular complexity index is 1200. The van der Waals surface area contributed by atoms with Gasteiger partial charge in [-0.05, 0) is 29.8 Å².